The molecule has 30 heavy (non-hydrogen) atoms. The highest BCUT2D eigenvalue weighted by molar-refractivity contribution is 7.54. The van der Waals surface area contributed by atoms with Gasteiger partial charge in [-0.1, -0.05) is 0 Å². The minimum Gasteiger partial charge on any atom is -0.462 e. The fraction of sp³-hybridized carbons (Fsp3) is 0.625. The van der Waals surface area contributed by atoms with E-state index >= 15 is 0 Å². The lowest BCUT2D eigenvalue weighted by Crippen LogP contribution is -2.31. The minimum atomic E-state index is -3.61. The predicted octanol–water partition coefficient (Wildman–Crippen LogP) is 0.0862. The molecule has 0 spiro atoms. The van der Waals surface area contributed by atoms with Gasteiger partial charge in [0.1, 0.15) is 30.7 Å². The molecule has 0 aliphatic carbocycles. The number of esters is 1. The number of aliphatic hydroxyl groups is 2. The topological polar surface area (TPSA) is 181 Å². The van der Waals surface area contributed by atoms with Crippen LogP contribution in [0.5, 0.6) is 0 Å². The molecule has 0 fully saturated rings. The summed E-state index contributed by atoms with van der Waals surface area (Å²) in [5.74, 6) is -0.674. The molecule has 2 aromatic rings. The Kier molecular flexibility index (Phi) is 9.08. The summed E-state index contributed by atoms with van der Waals surface area (Å²) in [4.78, 5) is 24.0. The van der Waals surface area contributed by atoms with Crippen LogP contribution in [0.15, 0.2) is 12.7 Å². The van der Waals surface area contributed by atoms with Crippen LogP contribution in [0.3, 0.4) is 0 Å². The number of nitrogen functional groups attached to an aromatic ring is 1. The second-order valence-electron chi connectivity index (χ2n) is 5.95. The highest BCUT2D eigenvalue weighted by Crippen LogP contribution is 2.47. The van der Waals surface area contributed by atoms with Gasteiger partial charge in [0.2, 0.25) is 0 Å². The summed E-state index contributed by atoms with van der Waals surface area (Å²) in [5, 5.41) is 19.3. The van der Waals surface area contributed by atoms with Crippen LogP contribution in [-0.2, 0) is 27.9 Å². The molecule has 0 aliphatic rings. The van der Waals surface area contributed by atoms with Crippen LogP contribution in [0.2, 0.25) is 0 Å². The van der Waals surface area contributed by atoms with Crippen LogP contribution in [0, 0.1) is 0 Å². The summed E-state index contributed by atoms with van der Waals surface area (Å²) >= 11 is 0. The van der Waals surface area contributed by atoms with E-state index in [9.17, 15) is 19.6 Å². The van der Waals surface area contributed by atoms with Gasteiger partial charge >= 0.3 is 13.6 Å². The molecule has 2 heterocycles. The normalized spacial score (nSPS) is 14.0. The van der Waals surface area contributed by atoms with E-state index in [4.69, 9.17) is 24.3 Å². The lowest BCUT2D eigenvalue weighted by Gasteiger charge is -2.23. The quantitative estimate of drug-likeness (QED) is 0.278. The van der Waals surface area contributed by atoms with Crippen LogP contribution in [0.1, 0.15) is 20.1 Å². The third-order valence-corrected chi connectivity index (χ3v) is 5.76. The molecule has 0 saturated carbocycles. The number of nitrogens with zero attached hydrogens (tertiary/aromatic N) is 4. The van der Waals surface area contributed by atoms with Gasteiger partial charge in [-0.05, 0) is 13.8 Å². The van der Waals surface area contributed by atoms with Gasteiger partial charge in [0.15, 0.2) is 17.7 Å². The van der Waals surface area contributed by atoms with E-state index in [0.717, 1.165) is 0 Å². The molecule has 0 aromatic carbocycles. The number of aliphatic hydroxyl groups excluding tert-OH is 2. The molecule has 2 atom stereocenters. The number of imidazole rings is 1. The van der Waals surface area contributed by atoms with E-state index in [1.54, 1.807) is 13.8 Å². The largest absolute Gasteiger partial charge is 0.462 e. The van der Waals surface area contributed by atoms with Crippen LogP contribution in [-0.4, -0.2) is 81.0 Å². The van der Waals surface area contributed by atoms with Crippen molar-refractivity contribution in [3.05, 3.63) is 12.7 Å². The zero-order valence-electron chi connectivity index (χ0n) is 16.7. The Hall–Kier alpha value is -2.15. The molecule has 0 bridgehead atoms. The van der Waals surface area contributed by atoms with Gasteiger partial charge < -0.3 is 34.5 Å². The van der Waals surface area contributed by atoms with Gasteiger partial charge in [-0.3, -0.25) is 13.9 Å². The maximum absolute atomic E-state index is 12.4. The Balaban J connectivity index is 2.00. The first-order valence-corrected chi connectivity index (χ1v) is 10.9. The molecule has 0 aliphatic heterocycles. The summed E-state index contributed by atoms with van der Waals surface area (Å²) in [7, 11) is -3.61. The second-order valence-corrected chi connectivity index (χ2v) is 8.00. The molecule has 0 saturated heterocycles. The average Bonchev–Trinajstić information content (AvgIpc) is 3.14. The van der Waals surface area contributed by atoms with E-state index in [1.807, 2.05) is 0 Å². The molecule has 0 amide bonds. The standard InChI is InChI=1S/C16H26N5O8P/c1-3-27-30(25,28-4-2)8-13(24)26-7-11(5-22)29-12(6-23)21-10-20-14-15(17)18-9-19-16(14)21/h9-12,22-23H,3-8H2,1-2H3,(H2,17,18,19)/t11-,12+/m0/s1. The number of hydrogen-bond donors (Lipinski definition) is 3. The number of anilines is 1. The molecule has 0 unspecified atom stereocenters. The molecule has 168 valence electrons. The van der Waals surface area contributed by atoms with E-state index in [2.05, 4.69) is 15.0 Å². The summed E-state index contributed by atoms with van der Waals surface area (Å²) in [6.07, 6.45) is 0.0557. The minimum absolute atomic E-state index is 0.109. The highest BCUT2D eigenvalue weighted by Gasteiger charge is 2.29. The Morgan fingerprint density at radius 2 is 1.90 bits per heavy atom. The van der Waals surface area contributed by atoms with E-state index < -0.39 is 45.3 Å². The summed E-state index contributed by atoms with van der Waals surface area (Å²) in [6.45, 7) is 2.12. The fourth-order valence-electron chi connectivity index (χ4n) is 2.55. The van der Waals surface area contributed by atoms with Gasteiger partial charge in [0.05, 0.1) is 32.8 Å². The fourth-order valence-corrected chi connectivity index (χ4v) is 4.00. The average molecular weight is 447 g/mol. The summed E-state index contributed by atoms with van der Waals surface area (Å²) in [5.41, 5.74) is 6.39. The van der Waals surface area contributed by atoms with E-state index in [1.165, 1.54) is 17.2 Å². The molecule has 4 N–H and O–H groups in total. The van der Waals surface area contributed by atoms with Crippen molar-refractivity contribution in [2.24, 2.45) is 0 Å². The number of carbonyl (C=O) groups excluding carboxylic acids is 1. The lowest BCUT2D eigenvalue weighted by molar-refractivity contribution is -0.154. The molecular formula is C16H26N5O8P. The zero-order chi connectivity index (χ0) is 22.1. The van der Waals surface area contributed by atoms with Crippen molar-refractivity contribution < 1.29 is 38.1 Å². The molecular weight excluding hydrogens is 421 g/mol. The SMILES string of the molecule is CCOP(=O)(CC(=O)OC[C@H](CO)O[C@H](CO)n1cnc2c(N)ncnc21)OCC. The van der Waals surface area contributed by atoms with E-state index in [-0.39, 0.29) is 25.6 Å². The molecule has 2 aromatic heterocycles. The van der Waals surface area contributed by atoms with Crippen LogP contribution in [0.4, 0.5) is 5.82 Å². The molecule has 13 nitrogen and oxygen atoms in total. The number of nitrogens with two attached hydrogens (primary N) is 1. The number of ether oxygens (including phenoxy) is 2. The van der Waals surface area contributed by atoms with Gasteiger partial charge in [-0.15, -0.1) is 0 Å². The number of fused-ring (bicyclic) bond motifs is 1. The second kappa shape index (κ2) is 11.3. The van der Waals surface area contributed by atoms with E-state index in [0.29, 0.717) is 11.2 Å². The lowest BCUT2D eigenvalue weighted by atomic mass is 10.4. The number of rotatable bonds is 13. The van der Waals surface area contributed by atoms with Crippen LogP contribution in [0.25, 0.3) is 11.2 Å². The first kappa shape index (κ1) is 24.1. The van der Waals surface area contributed by atoms with Crippen LogP contribution < -0.4 is 5.73 Å². The Labute approximate surface area is 172 Å². The van der Waals surface area contributed by atoms with Crippen molar-refractivity contribution in [3.63, 3.8) is 0 Å². The molecule has 14 heteroatoms. The maximum atomic E-state index is 12.4. The van der Waals surface area contributed by atoms with Crippen molar-refractivity contribution in [1.29, 1.82) is 0 Å². The molecule has 2 rings (SSSR count). The number of aromatic nitrogens is 4. The Morgan fingerprint density at radius 3 is 2.50 bits per heavy atom. The first-order valence-electron chi connectivity index (χ1n) is 9.21. The van der Waals surface area contributed by atoms with Gasteiger partial charge in [-0.25, -0.2) is 15.0 Å². The Morgan fingerprint density at radius 1 is 1.20 bits per heavy atom. The van der Waals surface area contributed by atoms with Gasteiger partial charge in [0.25, 0.3) is 0 Å². The monoisotopic (exact) mass is 447 g/mol. The Bertz CT molecular complexity index is 868. The summed E-state index contributed by atoms with van der Waals surface area (Å²) in [6, 6.07) is 0. The number of carbonyl (C=O) groups is 1. The van der Waals surface area contributed by atoms with Crippen molar-refractivity contribution in [1.82, 2.24) is 19.5 Å². The zero-order valence-corrected chi connectivity index (χ0v) is 17.6. The van der Waals surface area contributed by atoms with Crippen molar-refractivity contribution in [2.45, 2.75) is 26.2 Å². The summed E-state index contributed by atoms with van der Waals surface area (Å²) < 4.78 is 34.5. The van der Waals surface area contributed by atoms with Gasteiger partial charge in [-0.2, -0.15) is 0 Å². The predicted molar refractivity (Wildman–Crippen MR) is 105 cm³/mol. The smallest absolute Gasteiger partial charge is 0.341 e. The highest BCUT2D eigenvalue weighted by atomic mass is 31.2. The number of hydrogen-bond acceptors (Lipinski definition) is 12. The van der Waals surface area contributed by atoms with Crippen molar-refractivity contribution >= 4 is 30.5 Å². The molecule has 0 radical (unpaired) electrons. The van der Waals surface area contributed by atoms with Crippen LogP contribution >= 0.6 is 7.60 Å². The maximum Gasteiger partial charge on any atom is 0.341 e. The first-order chi connectivity index (χ1) is 14.4. The van der Waals surface area contributed by atoms with Crippen molar-refractivity contribution in [3.8, 4) is 0 Å². The third kappa shape index (κ3) is 6.17. The third-order valence-electron chi connectivity index (χ3n) is 3.81. The van der Waals surface area contributed by atoms with Crippen molar-refractivity contribution in [2.75, 3.05) is 44.9 Å². The van der Waals surface area contributed by atoms with Gasteiger partial charge in [0, 0.05) is 0 Å².